The van der Waals surface area contributed by atoms with Gasteiger partial charge in [-0.05, 0) is 6.07 Å². The normalized spacial score (nSPS) is 10.4. The molecule has 0 aliphatic rings. The Morgan fingerprint density at radius 1 is 1.39 bits per heavy atom. The molecular weight excluding hydrogens is 242 g/mol. The van der Waals surface area contributed by atoms with Gasteiger partial charge in [-0.2, -0.15) is 8.78 Å². The summed E-state index contributed by atoms with van der Waals surface area (Å²) in [7, 11) is 1.56. The summed E-state index contributed by atoms with van der Waals surface area (Å²) in [5.74, 6) is 0.0829. The molecule has 0 unspecified atom stereocenters. The summed E-state index contributed by atoms with van der Waals surface area (Å²) in [5, 5.41) is 5.49. The maximum absolute atomic E-state index is 12.1. The third-order valence-electron chi connectivity index (χ3n) is 2.31. The number of carbonyl (C=O) groups excluding carboxylic acids is 1. The Balaban J connectivity index is 2.43. The summed E-state index contributed by atoms with van der Waals surface area (Å²) in [6.45, 7) is -1.99. The van der Waals surface area contributed by atoms with Gasteiger partial charge in [0.25, 0.3) is 0 Å². The lowest BCUT2D eigenvalue weighted by Crippen LogP contribution is -2.24. The molecule has 0 aliphatic carbocycles. The molecule has 0 fully saturated rings. The Labute approximate surface area is 104 Å². The quantitative estimate of drug-likeness (QED) is 0.729. The molecular formula is C12H16F2N2O2. The van der Waals surface area contributed by atoms with Crippen molar-refractivity contribution in [2.45, 2.75) is 19.6 Å². The minimum Gasteiger partial charge on any atom is -0.434 e. The van der Waals surface area contributed by atoms with E-state index in [4.69, 9.17) is 0 Å². The molecule has 2 N–H and O–H groups in total. The fourth-order valence-corrected chi connectivity index (χ4v) is 1.41. The van der Waals surface area contributed by atoms with Gasteiger partial charge < -0.3 is 15.4 Å². The van der Waals surface area contributed by atoms with E-state index >= 15 is 0 Å². The van der Waals surface area contributed by atoms with E-state index in [0.29, 0.717) is 25.1 Å². The summed E-state index contributed by atoms with van der Waals surface area (Å²) in [6, 6.07) is 6.56. The maximum atomic E-state index is 12.1. The van der Waals surface area contributed by atoms with Crippen molar-refractivity contribution in [3.8, 4) is 5.75 Å². The van der Waals surface area contributed by atoms with Crippen molar-refractivity contribution < 1.29 is 18.3 Å². The summed E-state index contributed by atoms with van der Waals surface area (Å²) < 4.78 is 28.7. The number of nitrogens with one attached hydrogen (secondary N) is 2. The van der Waals surface area contributed by atoms with E-state index in [1.54, 1.807) is 25.2 Å². The number of para-hydroxylation sites is 1. The van der Waals surface area contributed by atoms with E-state index in [-0.39, 0.29) is 11.7 Å². The highest BCUT2D eigenvalue weighted by atomic mass is 19.3. The highest BCUT2D eigenvalue weighted by molar-refractivity contribution is 5.75. The zero-order valence-corrected chi connectivity index (χ0v) is 10.1. The van der Waals surface area contributed by atoms with Crippen molar-refractivity contribution in [2.75, 3.05) is 13.6 Å². The molecule has 0 radical (unpaired) electrons. The largest absolute Gasteiger partial charge is 0.434 e. The van der Waals surface area contributed by atoms with Gasteiger partial charge >= 0.3 is 6.61 Å². The lowest BCUT2D eigenvalue weighted by molar-refractivity contribution is -0.120. The molecule has 0 aromatic heterocycles. The SMILES string of the molecule is CNC(=O)CCNCc1ccccc1OC(F)F. The Morgan fingerprint density at radius 3 is 2.78 bits per heavy atom. The first-order chi connectivity index (χ1) is 8.63. The van der Waals surface area contributed by atoms with Crippen molar-refractivity contribution in [1.82, 2.24) is 10.6 Å². The van der Waals surface area contributed by atoms with Gasteiger partial charge in [-0.3, -0.25) is 4.79 Å². The van der Waals surface area contributed by atoms with Crippen molar-refractivity contribution in [1.29, 1.82) is 0 Å². The molecule has 18 heavy (non-hydrogen) atoms. The van der Waals surface area contributed by atoms with Crippen LogP contribution in [-0.2, 0) is 11.3 Å². The average molecular weight is 258 g/mol. The van der Waals surface area contributed by atoms with Gasteiger partial charge in [-0.25, -0.2) is 0 Å². The molecule has 1 aromatic rings. The maximum Gasteiger partial charge on any atom is 0.387 e. The van der Waals surface area contributed by atoms with Gasteiger partial charge in [-0.15, -0.1) is 0 Å². The van der Waals surface area contributed by atoms with Gasteiger partial charge in [0.1, 0.15) is 5.75 Å². The van der Waals surface area contributed by atoms with Crippen LogP contribution >= 0.6 is 0 Å². The van der Waals surface area contributed by atoms with Crippen LogP contribution < -0.4 is 15.4 Å². The number of halogens is 2. The summed E-state index contributed by atoms with van der Waals surface area (Å²) in [4.78, 5) is 11.0. The number of carbonyl (C=O) groups is 1. The van der Waals surface area contributed by atoms with Crippen LogP contribution in [0.2, 0.25) is 0 Å². The van der Waals surface area contributed by atoms with Crippen molar-refractivity contribution >= 4 is 5.91 Å². The molecule has 100 valence electrons. The topological polar surface area (TPSA) is 50.4 Å². The second-order valence-corrected chi connectivity index (χ2v) is 3.59. The van der Waals surface area contributed by atoms with Crippen LogP contribution in [0.25, 0.3) is 0 Å². The molecule has 0 saturated carbocycles. The van der Waals surface area contributed by atoms with Crippen LogP contribution in [0.3, 0.4) is 0 Å². The van der Waals surface area contributed by atoms with Crippen LogP contribution in [0.15, 0.2) is 24.3 Å². The van der Waals surface area contributed by atoms with Crippen LogP contribution in [0.4, 0.5) is 8.78 Å². The van der Waals surface area contributed by atoms with Crippen LogP contribution in [-0.4, -0.2) is 26.1 Å². The minimum absolute atomic E-state index is 0.0698. The number of hydrogen-bond donors (Lipinski definition) is 2. The molecule has 0 saturated heterocycles. The molecule has 1 amide bonds. The molecule has 1 rings (SSSR count). The van der Waals surface area contributed by atoms with Gasteiger partial charge in [0.15, 0.2) is 0 Å². The molecule has 6 heteroatoms. The zero-order valence-electron chi connectivity index (χ0n) is 10.1. The molecule has 4 nitrogen and oxygen atoms in total. The van der Waals surface area contributed by atoms with E-state index < -0.39 is 6.61 Å². The number of hydrogen-bond acceptors (Lipinski definition) is 3. The first kappa shape index (κ1) is 14.4. The van der Waals surface area contributed by atoms with Crippen molar-refractivity contribution in [3.05, 3.63) is 29.8 Å². The first-order valence-electron chi connectivity index (χ1n) is 5.57. The summed E-state index contributed by atoms with van der Waals surface area (Å²) in [6.07, 6.45) is 0.342. The Kier molecular flexibility index (Phi) is 6.07. The average Bonchev–Trinajstić information content (AvgIpc) is 2.35. The smallest absolute Gasteiger partial charge is 0.387 e. The predicted molar refractivity (Wildman–Crippen MR) is 63.5 cm³/mol. The van der Waals surface area contributed by atoms with Crippen LogP contribution in [0.1, 0.15) is 12.0 Å². The number of amides is 1. The van der Waals surface area contributed by atoms with Gasteiger partial charge in [-0.1, -0.05) is 18.2 Å². The Morgan fingerprint density at radius 2 is 2.11 bits per heavy atom. The standard InChI is InChI=1S/C12H16F2N2O2/c1-15-11(17)6-7-16-8-9-4-2-3-5-10(9)18-12(13)14/h2-5,12,16H,6-8H2,1H3,(H,15,17). The van der Waals surface area contributed by atoms with Gasteiger partial charge in [0.05, 0.1) is 0 Å². The highest BCUT2D eigenvalue weighted by Crippen LogP contribution is 2.19. The second kappa shape index (κ2) is 7.60. The predicted octanol–water partition coefficient (Wildman–Crippen LogP) is 1.51. The second-order valence-electron chi connectivity index (χ2n) is 3.59. The molecule has 0 aliphatic heterocycles. The van der Waals surface area contributed by atoms with E-state index in [2.05, 4.69) is 15.4 Å². The number of ether oxygens (including phenoxy) is 1. The summed E-state index contributed by atoms with van der Waals surface area (Å²) >= 11 is 0. The van der Waals surface area contributed by atoms with Crippen molar-refractivity contribution in [3.63, 3.8) is 0 Å². The molecule has 1 aromatic carbocycles. The lowest BCUT2D eigenvalue weighted by Gasteiger charge is -2.11. The monoisotopic (exact) mass is 258 g/mol. The molecule has 0 bridgehead atoms. The Bertz CT molecular complexity index is 386. The molecule has 0 atom stereocenters. The third-order valence-corrected chi connectivity index (χ3v) is 2.31. The zero-order chi connectivity index (χ0) is 13.4. The highest BCUT2D eigenvalue weighted by Gasteiger charge is 2.08. The fourth-order valence-electron chi connectivity index (χ4n) is 1.41. The van der Waals surface area contributed by atoms with E-state index in [0.717, 1.165) is 0 Å². The van der Waals surface area contributed by atoms with E-state index in [9.17, 15) is 13.6 Å². The number of rotatable bonds is 7. The first-order valence-corrected chi connectivity index (χ1v) is 5.57. The minimum atomic E-state index is -2.84. The van der Waals surface area contributed by atoms with Crippen LogP contribution in [0.5, 0.6) is 5.75 Å². The van der Waals surface area contributed by atoms with Gasteiger partial charge in [0, 0.05) is 32.1 Å². The number of benzene rings is 1. The fraction of sp³-hybridized carbons (Fsp3) is 0.417. The van der Waals surface area contributed by atoms with E-state index in [1.165, 1.54) is 6.07 Å². The third kappa shape index (κ3) is 5.09. The van der Waals surface area contributed by atoms with Crippen molar-refractivity contribution in [2.24, 2.45) is 0 Å². The van der Waals surface area contributed by atoms with E-state index in [1.807, 2.05) is 0 Å². The molecule has 0 heterocycles. The summed E-state index contributed by atoms with van der Waals surface area (Å²) in [5.41, 5.74) is 0.634. The lowest BCUT2D eigenvalue weighted by atomic mass is 10.2. The number of alkyl halides is 2. The Hall–Kier alpha value is -1.69. The molecule has 0 spiro atoms. The van der Waals surface area contributed by atoms with Crippen LogP contribution in [0, 0.1) is 0 Å². The van der Waals surface area contributed by atoms with Gasteiger partial charge in [0.2, 0.25) is 5.91 Å².